The van der Waals surface area contributed by atoms with Crippen LogP contribution in [0.4, 0.5) is 11.4 Å². The zero-order valence-electron chi connectivity index (χ0n) is 12.1. The Morgan fingerprint density at radius 2 is 1.95 bits per heavy atom. The van der Waals surface area contributed by atoms with Crippen LogP contribution in [0, 0.1) is 6.92 Å². The van der Waals surface area contributed by atoms with E-state index in [1.165, 1.54) is 11.1 Å². The monoisotopic (exact) mass is 282 g/mol. The summed E-state index contributed by atoms with van der Waals surface area (Å²) in [4.78, 5) is 11.4. The number of hydrogen-bond donors (Lipinski definition) is 2. The Hall–Kier alpha value is -2.49. The van der Waals surface area contributed by atoms with Crippen molar-refractivity contribution in [3.63, 3.8) is 0 Å². The van der Waals surface area contributed by atoms with E-state index in [2.05, 4.69) is 48.7 Å². The van der Waals surface area contributed by atoms with Crippen LogP contribution in [0.25, 0.3) is 0 Å². The molecule has 0 aliphatic carbocycles. The summed E-state index contributed by atoms with van der Waals surface area (Å²) in [5.41, 5.74) is 4.14. The number of carbonyl (C=O) groups excluding carboxylic acids is 1. The number of rotatable bonds is 3. The van der Waals surface area contributed by atoms with Crippen LogP contribution in [-0.4, -0.2) is 12.5 Å². The predicted octanol–water partition coefficient (Wildman–Crippen LogP) is 3.50. The van der Waals surface area contributed by atoms with Crippen LogP contribution in [-0.2, 0) is 4.79 Å². The van der Waals surface area contributed by atoms with E-state index in [1.807, 2.05) is 18.2 Å². The number of carbonyl (C=O) groups is 1. The summed E-state index contributed by atoms with van der Waals surface area (Å²) in [7, 11) is 0. The summed E-state index contributed by atoms with van der Waals surface area (Å²) in [6.45, 7) is 4.27. The van der Waals surface area contributed by atoms with Crippen LogP contribution in [0.5, 0.6) is 5.75 Å². The number of aryl methyl sites for hydroxylation is 1. The number of anilines is 2. The van der Waals surface area contributed by atoms with Crippen molar-refractivity contribution in [2.24, 2.45) is 0 Å². The number of fused-ring (bicyclic) bond motifs is 1. The van der Waals surface area contributed by atoms with Gasteiger partial charge in [0.05, 0.1) is 5.69 Å². The standard InChI is InChI=1S/C17H18N2O2/c1-11-3-5-13(6-4-11)12(2)18-14-7-8-16-15(9-14)19-17(20)10-21-16/h3-9,12,18H,10H2,1-2H3,(H,19,20). The largest absolute Gasteiger partial charge is 0.482 e. The van der Waals surface area contributed by atoms with E-state index in [-0.39, 0.29) is 18.6 Å². The van der Waals surface area contributed by atoms with Crippen LogP contribution in [0.15, 0.2) is 42.5 Å². The Morgan fingerprint density at radius 3 is 2.71 bits per heavy atom. The highest BCUT2D eigenvalue weighted by Crippen LogP contribution is 2.31. The van der Waals surface area contributed by atoms with Gasteiger partial charge < -0.3 is 15.4 Å². The normalized spacial score (nSPS) is 14.7. The molecule has 0 saturated heterocycles. The van der Waals surface area contributed by atoms with Gasteiger partial charge in [-0.05, 0) is 37.6 Å². The van der Waals surface area contributed by atoms with Crippen molar-refractivity contribution in [1.82, 2.24) is 0 Å². The van der Waals surface area contributed by atoms with Gasteiger partial charge in [-0.1, -0.05) is 29.8 Å². The second-order valence-corrected chi connectivity index (χ2v) is 5.32. The summed E-state index contributed by atoms with van der Waals surface area (Å²) in [5.74, 6) is 0.592. The van der Waals surface area contributed by atoms with E-state index >= 15 is 0 Å². The maximum atomic E-state index is 11.4. The van der Waals surface area contributed by atoms with E-state index < -0.39 is 0 Å². The zero-order chi connectivity index (χ0) is 14.8. The molecule has 1 atom stereocenters. The van der Waals surface area contributed by atoms with Crippen LogP contribution in [0.2, 0.25) is 0 Å². The molecule has 0 aromatic heterocycles. The molecule has 2 aromatic carbocycles. The van der Waals surface area contributed by atoms with E-state index in [1.54, 1.807) is 0 Å². The average Bonchev–Trinajstić information content (AvgIpc) is 2.47. The number of amides is 1. The van der Waals surface area contributed by atoms with Crippen LogP contribution >= 0.6 is 0 Å². The van der Waals surface area contributed by atoms with Gasteiger partial charge in [0.2, 0.25) is 0 Å². The van der Waals surface area contributed by atoms with Gasteiger partial charge in [0, 0.05) is 11.7 Å². The fraction of sp³-hybridized carbons (Fsp3) is 0.235. The van der Waals surface area contributed by atoms with E-state index in [0.717, 1.165) is 5.69 Å². The number of hydrogen-bond acceptors (Lipinski definition) is 3. The van der Waals surface area contributed by atoms with Crippen molar-refractivity contribution >= 4 is 17.3 Å². The lowest BCUT2D eigenvalue weighted by molar-refractivity contribution is -0.118. The Labute approximate surface area is 124 Å². The number of ether oxygens (including phenoxy) is 1. The molecule has 1 amide bonds. The fourth-order valence-electron chi connectivity index (χ4n) is 2.36. The van der Waals surface area contributed by atoms with Gasteiger partial charge >= 0.3 is 0 Å². The molecule has 1 heterocycles. The van der Waals surface area contributed by atoms with Gasteiger partial charge in [0.1, 0.15) is 5.75 Å². The first-order chi connectivity index (χ1) is 10.1. The minimum Gasteiger partial charge on any atom is -0.482 e. The van der Waals surface area contributed by atoms with E-state index in [4.69, 9.17) is 4.74 Å². The Bertz CT molecular complexity index is 665. The first-order valence-electron chi connectivity index (χ1n) is 7.01. The third-order valence-electron chi connectivity index (χ3n) is 3.57. The summed E-state index contributed by atoms with van der Waals surface area (Å²) < 4.78 is 5.35. The molecule has 2 aromatic rings. The molecule has 1 aliphatic heterocycles. The Kier molecular flexibility index (Phi) is 3.52. The fourth-order valence-corrected chi connectivity index (χ4v) is 2.36. The Morgan fingerprint density at radius 1 is 1.19 bits per heavy atom. The maximum absolute atomic E-state index is 11.4. The first-order valence-corrected chi connectivity index (χ1v) is 7.01. The lowest BCUT2D eigenvalue weighted by Crippen LogP contribution is -2.25. The number of benzene rings is 2. The molecular formula is C17H18N2O2. The van der Waals surface area contributed by atoms with Crippen molar-refractivity contribution in [1.29, 1.82) is 0 Å². The van der Waals surface area contributed by atoms with Gasteiger partial charge in [-0.2, -0.15) is 0 Å². The van der Waals surface area contributed by atoms with Crippen molar-refractivity contribution in [2.45, 2.75) is 19.9 Å². The topological polar surface area (TPSA) is 50.4 Å². The summed E-state index contributed by atoms with van der Waals surface area (Å²) in [6, 6.07) is 14.4. The lowest BCUT2D eigenvalue weighted by atomic mass is 10.1. The highest BCUT2D eigenvalue weighted by atomic mass is 16.5. The van der Waals surface area contributed by atoms with Crippen LogP contribution < -0.4 is 15.4 Å². The minimum atomic E-state index is -0.119. The minimum absolute atomic E-state index is 0.0829. The smallest absolute Gasteiger partial charge is 0.262 e. The lowest BCUT2D eigenvalue weighted by Gasteiger charge is -2.21. The molecule has 0 radical (unpaired) electrons. The Balaban J connectivity index is 1.77. The van der Waals surface area contributed by atoms with Crippen molar-refractivity contribution in [2.75, 3.05) is 17.2 Å². The van der Waals surface area contributed by atoms with Crippen LogP contribution in [0.3, 0.4) is 0 Å². The van der Waals surface area contributed by atoms with E-state index in [9.17, 15) is 4.79 Å². The third-order valence-corrected chi connectivity index (χ3v) is 3.57. The summed E-state index contributed by atoms with van der Waals surface area (Å²) >= 11 is 0. The molecule has 0 saturated carbocycles. The molecule has 2 N–H and O–H groups in total. The van der Waals surface area contributed by atoms with Gasteiger partial charge in [0.15, 0.2) is 6.61 Å². The molecule has 21 heavy (non-hydrogen) atoms. The molecule has 1 aliphatic rings. The third kappa shape index (κ3) is 2.99. The van der Waals surface area contributed by atoms with Gasteiger partial charge in [-0.15, -0.1) is 0 Å². The van der Waals surface area contributed by atoms with Crippen LogP contribution in [0.1, 0.15) is 24.1 Å². The van der Waals surface area contributed by atoms with Gasteiger partial charge in [0.25, 0.3) is 5.91 Å². The van der Waals surface area contributed by atoms with Crippen molar-refractivity contribution < 1.29 is 9.53 Å². The molecule has 1 unspecified atom stereocenters. The molecule has 108 valence electrons. The summed E-state index contributed by atoms with van der Waals surface area (Å²) in [6.07, 6.45) is 0. The predicted molar refractivity (Wildman–Crippen MR) is 83.8 cm³/mol. The van der Waals surface area contributed by atoms with E-state index in [0.29, 0.717) is 11.4 Å². The van der Waals surface area contributed by atoms with Gasteiger partial charge in [-0.3, -0.25) is 4.79 Å². The zero-order valence-corrected chi connectivity index (χ0v) is 12.1. The van der Waals surface area contributed by atoms with Crippen molar-refractivity contribution in [3.8, 4) is 5.75 Å². The molecule has 4 heteroatoms. The molecule has 4 nitrogen and oxygen atoms in total. The highest BCUT2D eigenvalue weighted by Gasteiger charge is 2.16. The van der Waals surface area contributed by atoms with Crippen molar-refractivity contribution in [3.05, 3.63) is 53.6 Å². The first kappa shape index (κ1) is 13.5. The SMILES string of the molecule is Cc1ccc(C(C)Nc2ccc3c(c2)NC(=O)CO3)cc1. The second kappa shape index (κ2) is 5.48. The van der Waals surface area contributed by atoms with Gasteiger partial charge in [-0.25, -0.2) is 0 Å². The maximum Gasteiger partial charge on any atom is 0.262 e. The molecule has 0 spiro atoms. The molecule has 0 bridgehead atoms. The second-order valence-electron chi connectivity index (χ2n) is 5.32. The quantitative estimate of drug-likeness (QED) is 0.906. The average molecular weight is 282 g/mol. The molecule has 3 rings (SSSR count). The molecular weight excluding hydrogens is 264 g/mol. The highest BCUT2D eigenvalue weighted by molar-refractivity contribution is 5.96. The summed E-state index contributed by atoms with van der Waals surface area (Å²) in [5, 5.41) is 6.25. The number of nitrogens with one attached hydrogen (secondary N) is 2. The molecule has 0 fully saturated rings.